The second kappa shape index (κ2) is 9.58. The van der Waals surface area contributed by atoms with Crippen LogP contribution in [0.2, 0.25) is 5.02 Å². The highest BCUT2D eigenvalue weighted by Gasteiger charge is 2.33. The molecule has 0 saturated carbocycles. The van der Waals surface area contributed by atoms with Gasteiger partial charge in [-0.05, 0) is 49.2 Å². The van der Waals surface area contributed by atoms with Crippen molar-refractivity contribution < 1.29 is 22.0 Å². The van der Waals surface area contributed by atoms with Crippen molar-refractivity contribution in [1.82, 2.24) is 14.1 Å². The Morgan fingerprint density at radius 2 is 1.91 bits per heavy atom. The van der Waals surface area contributed by atoms with E-state index in [1.54, 1.807) is 18.3 Å². The molecule has 11 heteroatoms. The highest BCUT2D eigenvalue weighted by Crippen LogP contribution is 2.25. The molecule has 2 aromatic carbocycles. The third-order valence-corrected chi connectivity index (χ3v) is 7.71. The summed E-state index contributed by atoms with van der Waals surface area (Å²) < 4.78 is 55.6. The van der Waals surface area contributed by atoms with Crippen molar-refractivity contribution in [3.05, 3.63) is 76.9 Å². The molecule has 4 rings (SSSR count). The molecule has 1 atom stereocenters. The molecular weight excluding hydrogens is 474 g/mol. The molecular formula is C22H21ClF2N4O3S. The first-order valence-corrected chi connectivity index (χ1v) is 12.1. The number of anilines is 1. The molecule has 1 saturated heterocycles. The van der Waals surface area contributed by atoms with Crippen LogP contribution in [0.3, 0.4) is 0 Å². The molecule has 174 valence electrons. The minimum Gasteiger partial charge on any atom is -0.309 e. The van der Waals surface area contributed by atoms with Gasteiger partial charge >= 0.3 is 0 Å². The fourth-order valence-corrected chi connectivity index (χ4v) is 5.47. The molecule has 33 heavy (non-hydrogen) atoms. The Labute approximate surface area is 195 Å². The van der Waals surface area contributed by atoms with Crippen molar-refractivity contribution in [1.29, 1.82) is 0 Å². The van der Waals surface area contributed by atoms with Gasteiger partial charge in [0.25, 0.3) is 0 Å². The maximum Gasteiger partial charge on any atom is 0.243 e. The summed E-state index contributed by atoms with van der Waals surface area (Å²) in [6.45, 7) is 0.382. The lowest BCUT2D eigenvalue weighted by molar-refractivity contribution is -0.120. The van der Waals surface area contributed by atoms with Crippen molar-refractivity contribution in [3.63, 3.8) is 0 Å². The number of nitrogens with zero attached hydrogens (tertiary/aromatic N) is 3. The summed E-state index contributed by atoms with van der Waals surface area (Å²) in [6, 6.07) is 10.6. The molecule has 1 N–H and O–H groups in total. The molecule has 0 radical (unpaired) electrons. The monoisotopic (exact) mass is 494 g/mol. The number of carbonyl (C=O) groups excluding carboxylic acids is 1. The molecule has 2 heterocycles. The first-order valence-electron chi connectivity index (χ1n) is 10.3. The first-order chi connectivity index (χ1) is 15.7. The standard InChI is InChI=1S/C22H21ClF2N4O3S/c23-19-4-1-5-20(25)18(19)14-28-12-10-21(27-28)26-22(30)15-3-2-11-29(13-15)33(31,32)17-8-6-16(24)7-9-17/h1,4-10,12,15H,2-3,11,13-14H2,(H,26,27,30). The van der Waals surface area contributed by atoms with Gasteiger partial charge in [0.15, 0.2) is 5.82 Å². The summed E-state index contributed by atoms with van der Waals surface area (Å²) in [5, 5.41) is 7.21. The van der Waals surface area contributed by atoms with Crippen molar-refractivity contribution in [2.24, 2.45) is 5.92 Å². The van der Waals surface area contributed by atoms with Crippen LogP contribution in [0.1, 0.15) is 18.4 Å². The van der Waals surface area contributed by atoms with Gasteiger partial charge in [-0.3, -0.25) is 9.48 Å². The van der Waals surface area contributed by atoms with E-state index in [-0.39, 0.29) is 46.8 Å². The number of rotatable bonds is 6. The Morgan fingerprint density at radius 3 is 2.64 bits per heavy atom. The van der Waals surface area contributed by atoms with Crippen LogP contribution in [0.5, 0.6) is 0 Å². The van der Waals surface area contributed by atoms with Crippen LogP contribution in [0.4, 0.5) is 14.6 Å². The van der Waals surface area contributed by atoms with Gasteiger partial charge in [0, 0.05) is 35.9 Å². The summed E-state index contributed by atoms with van der Waals surface area (Å²) in [7, 11) is -3.84. The van der Waals surface area contributed by atoms with Crippen molar-refractivity contribution >= 4 is 33.3 Å². The molecule has 1 aliphatic heterocycles. The number of amides is 1. The highest BCUT2D eigenvalue weighted by molar-refractivity contribution is 7.89. The number of carbonyl (C=O) groups is 1. The maximum absolute atomic E-state index is 14.0. The fraction of sp³-hybridized carbons (Fsp3) is 0.273. The van der Waals surface area contributed by atoms with Crippen molar-refractivity contribution in [2.45, 2.75) is 24.3 Å². The summed E-state index contributed by atoms with van der Waals surface area (Å²) in [6.07, 6.45) is 2.62. The molecule has 0 spiro atoms. The molecule has 1 amide bonds. The normalized spacial score (nSPS) is 17.1. The predicted octanol–water partition coefficient (Wildman–Crippen LogP) is 3.90. The van der Waals surface area contributed by atoms with Crippen LogP contribution >= 0.6 is 11.6 Å². The minimum absolute atomic E-state index is 0.0110. The number of piperidine rings is 1. The van der Waals surface area contributed by atoms with Crippen LogP contribution in [0, 0.1) is 17.6 Å². The van der Waals surface area contributed by atoms with Crippen LogP contribution in [0.25, 0.3) is 0 Å². The summed E-state index contributed by atoms with van der Waals surface area (Å²) in [4.78, 5) is 12.8. The number of hydrogen-bond acceptors (Lipinski definition) is 4. The lowest BCUT2D eigenvalue weighted by Crippen LogP contribution is -2.43. The number of halogens is 3. The topological polar surface area (TPSA) is 84.3 Å². The molecule has 7 nitrogen and oxygen atoms in total. The minimum atomic E-state index is -3.84. The summed E-state index contributed by atoms with van der Waals surface area (Å²) in [5.41, 5.74) is 0.286. The average molecular weight is 495 g/mol. The van der Waals surface area contributed by atoms with E-state index in [1.165, 1.54) is 33.3 Å². The van der Waals surface area contributed by atoms with Crippen LogP contribution < -0.4 is 5.32 Å². The Hall–Kier alpha value is -2.82. The van der Waals surface area contributed by atoms with Gasteiger partial charge in [-0.15, -0.1) is 0 Å². The fourth-order valence-electron chi connectivity index (χ4n) is 3.72. The number of aromatic nitrogens is 2. The van der Waals surface area contributed by atoms with Gasteiger partial charge in [-0.25, -0.2) is 17.2 Å². The maximum atomic E-state index is 14.0. The Morgan fingerprint density at radius 1 is 1.15 bits per heavy atom. The van der Waals surface area contributed by atoms with Crippen LogP contribution in [0.15, 0.2) is 59.6 Å². The molecule has 0 aliphatic carbocycles. The highest BCUT2D eigenvalue weighted by atomic mass is 35.5. The van der Waals surface area contributed by atoms with E-state index in [1.807, 2.05) is 0 Å². The largest absolute Gasteiger partial charge is 0.309 e. The molecule has 1 unspecified atom stereocenters. The van der Waals surface area contributed by atoms with E-state index >= 15 is 0 Å². The van der Waals surface area contributed by atoms with Gasteiger partial charge in [0.2, 0.25) is 15.9 Å². The lowest BCUT2D eigenvalue weighted by atomic mass is 9.99. The van der Waals surface area contributed by atoms with E-state index in [2.05, 4.69) is 10.4 Å². The molecule has 1 aromatic heterocycles. The molecule has 3 aromatic rings. The van der Waals surface area contributed by atoms with E-state index in [9.17, 15) is 22.0 Å². The smallest absolute Gasteiger partial charge is 0.243 e. The van der Waals surface area contributed by atoms with Gasteiger partial charge in [-0.1, -0.05) is 17.7 Å². The molecule has 1 fully saturated rings. The quantitative estimate of drug-likeness (QED) is 0.563. The average Bonchev–Trinajstić information content (AvgIpc) is 3.23. The number of hydrogen-bond donors (Lipinski definition) is 1. The Bertz CT molecular complexity index is 1240. The second-order valence-electron chi connectivity index (χ2n) is 7.74. The van der Waals surface area contributed by atoms with Gasteiger partial charge < -0.3 is 5.32 Å². The number of sulfonamides is 1. The first kappa shape index (κ1) is 23.3. The molecule has 1 aliphatic rings. The van der Waals surface area contributed by atoms with Gasteiger partial charge in [-0.2, -0.15) is 9.40 Å². The number of nitrogens with one attached hydrogen (secondary N) is 1. The van der Waals surface area contributed by atoms with Crippen molar-refractivity contribution in [3.8, 4) is 0 Å². The zero-order valence-corrected chi connectivity index (χ0v) is 19.0. The number of benzene rings is 2. The summed E-state index contributed by atoms with van der Waals surface area (Å²) in [5.74, 6) is -1.64. The Balaban J connectivity index is 1.41. The van der Waals surface area contributed by atoms with Crippen LogP contribution in [-0.2, 0) is 21.4 Å². The third kappa shape index (κ3) is 5.23. The molecule has 0 bridgehead atoms. The van der Waals surface area contributed by atoms with Gasteiger partial charge in [0.1, 0.15) is 11.6 Å². The predicted molar refractivity (Wildman–Crippen MR) is 119 cm³/mol. The van der Waals surface area contributed by atoms with E-state index in [0.717, 1.165) is 12.1 Å². The van der Waals surface area contributed by atoms with E-state index < -0.39 is 27.6 Å². The zero-order chi connectivity index (χ0) is 23.6. The van der Waals surface area contributed by atoms with E-state index in [4.69, 9.17) is 11.6 Å². The second-order valence-corrected chi connectivity index (χ2v) is 10.1. The zero-order valence-electron chi connectivity index (χ0n) is 17.4. The van der Waals surface area contributed by atoms with E-state index in [0.29, 0.717) is 12.8 Å². The third-order valence-electron chi connectivity index (χ3n) is 5.48. The van der Waals surface area contributed by atoms with Gasteiger partial charge in [0.05, 0.1) is 17.4 Å². The van der Waals surface area contributed by atoms with Crippen LogP contribution in [-0.4, -0.2) is 41.5 Å². The summed E-state index contributed by atoms with van der Waals surface area (Å²) >= 11 is 6.05. The Kier molecular flexibility index (Phi) is 6.78. The lowest BCUT2D eigenvalue weighted by Gasteiger charge is -2.31. The SMILES string of the molecule is O=C(Nc1ccn(Cc2c(F)cccc2Cl)n1)C1CCCN(S(=O)(=O)c2ccc(F)cc2)C1. The van der Waals surface area contributed by atoms with Crippen molar-refractivity contribution in [2.75, 3.05) is 18.4 Å².